The Kier molecular flexibility index (Phi) is 8.35. The molecule has 0 saturated carbocycles. The highest BCUT2D eigenvalue weighted by atomic mass is 35.5. The highest BCUT2D eigenvalue weighted by Gasteiger charge is 2.10. The van der Waals surface area contributed by atoms with Crippen molar-refractivity contribution in [1.82, 2.24) is 15.5 Å². The number of nitrogens with zero attached hydrogens (tertiary/aromatic N) is 1. The normalized spacial score (nSPS) is 15.3. The van der Waals surface area contributed by atoms with Crippen LogP contribution in [0.4, 0.5) is 0 Å². The van der Waals surface area contributed by atoms with Crippen molar-refractivity contribution in [3.63, 3.8) is 0 Å². The van der Waals surface area contributed by atoms with E-state index in [4.69, 9.17) is 0 Å². The van der Waals surface area contributed by atoms with Crippen molar-refractivity contribution >= 4 is 18.3 Å². The largest absolute Gasteiger partial charge is 0.351 e. The first-order valence-electron chi connectivity index (χ1n) is 7.49. The molecule has 1 saturated heterocycles. The van der Waals surface area contributed by atoms with Gasteiger partial charge < -0.3 is 10.6 Å². The van der Waals surface area contributed by atoms with Crippen molar-refractivity contribution in [2.75, 3.05) is 26.7 Å². The Balaban J connectivity index is 0.00000220. The first-order chi connectivity index (χ1) is 9.78. The minimum atomic E-state index is 0. The molecule has 0 unspecified atom stereocenters. The number of hydrogen-bond acceptors (Lipinski definition) is 3. The van der Waals surface area contributed by atoms with E-state index in [9.17, 15) is 4.79 Å². The molecular weight excluding hydrogens is 286 g/mol. The van der Waals surface area contributed by atoms with Crippen molar-refractivity contribution in [1.29, 1.82) is 0 Å². The fraction of sp³-hybridized carbons (Fsp3) is 0.562. The lowest BCUT2D eigenvalue weighted by atomic mass is 10.1. The highest BCUT2D eigenvalue weighted by Crippen LogP contribution is 2.13. The maximum atomic E-state index is 11.4. The van der Waals surface area contributed by atoms with Crippen LogP contribution in [0.2, 0.25) is 0 Å². The molecule has 0 atom stereocenters. The van der Waals surface area contributed by atoms with Crippen LogP contribution >= 0.6 is 12.4 Å². The SMILES string of the molecule is CNCC(=O)NCc1ccc(CN2CCCCC2)cc1.Cl. The number of benzene rings is 1. The number of amides is 1. The van der Waals surface area contributed by atoms with Crippen LogP contribution in [0.3, 0.4) is 0 Å². The molecule has 1 heterocycles. The minimum absolute atomic E-state index is 0. The third kappa shape index (κ3) is 6.46. The van der Waals surface area contributed by atoms with Gasteiger partial charge in [-0.2, -0.15) is 0 Å². The molecule has 0 spiro atoms. The molecule has 4 nitrogen and oxygen atoms in total. The van der Waals surface area contributed by atoms with Gasteiger partial charge in [0.15, 0.2) is 0 Å². The van der Waals surface area contributed by atoms with Gasteiger partial charge in [-0.25, -0.2) is 0 Å². The van der Waals surface area contributed by atoms with Crippen LogP contribution in [-0.4, -0.2) is 37.5 Å². The van der Waals surface area contributed by atoms with E-state index >= 15 is 0 Å². The Labute approximate surface area is 133 Å². The van der Waals surface area contributed by atoms with Gasteiger partial charge >= 0.3 is 0 Å². The average Bonchev–Trinajstić information content (AvgIpc) is 2.48. The van der Waals surface area contributed by atoms with E-state index in [1.165, 1.54) is 37.9 Å². The number of hydrogen-bond donors (Lipinski definition) is 2. The van der Waals surface area contributed by atoms with Gasteiger partial charge in [0.05, 0.1) is 6.54 Å². The summed E-state index contributed by atoms with van der Waals surface area (Å²) < 4.78 is 0. The van der Waals surface area contributed by atoms with Gasteiger partial charge in [-0.1, -0.05) is 30.7 Å². The summed E-state index contributed by atoms with van der Waals surface area (Å²) in [5.74, 6) is 0.0323. The molecule has 21 heavy (non-hydrogen) atoms. The quantitative estimate of drug-likeness (QED) is 0.844. The highest BCUT2D eigenvalue weighted by molar-refractivity contribution is 5.85. The summed E-state index contributed by atoms with van der Waals surface area (Å²) in [6.07, 6.45) is 4.03. The zero-order valence-electron chi connectivity index (χ0n) is 12.7. The Morgan fingerprint density at radius 1 is 1.10 bits per heavy atom. The summed E-state index contributed by atoms with van der Waals surface area (Å²) in [7, 11) is 1.77. The van der Waals surface area contributed by atoms with Crippen molar-refractivity contribution in [3.05, 3.63) is 35.4 Å². The molecular formula is C16H26ClN3O. The first kappa shape index (κ1) is 18.0. The van der Waals surface area contributed by atoms with Gasteiger partial charge in [0, 0.05) is 13.1 Å². The Bertz CT molecular complexity index is 416. The summed E-state index contributed by atoms with van der Waals surface area (Å²) in [6.45, 7) is 4.47. The number of likely N-dealkylation sites (N-methyl/N-ethyl adjacent to an activating group) is 1. The van der Waals surface area contributed by atoms with E-state index < -0.39 is 0 Å². The number of nitrogens with one attached hydrogen (secondary N) is 2. The molecule has 2 N–H and O–H groups in total. The van der Waals surface area contributed by atoms with Crippen LogP contribution in [0.25, 0.3) is 0 Å². The fourth-order valence-corrected chi connectivity index (χ4v) is 2.56. The van der Waals surface area contributed by atoms with Gasteiger partial charge in [-0.05, 0) is 44.1 Å². The predicted octanol–water partition coefficient (Wildman–Crippen LogP) is 1.93. The third-order valence-electron chi connectivity index (χ3n) is 3.70. The summed E-state index contributed by atoms with van der Waals surface area (Å²) >= 11 is 0. The number of carbonyl (C=O) groups is 1. The van der Waals surface area contributed by atoms with Crippen LogP contribution in [-0.2, 0) is 17.9 Å². The summed E-state index contributed by atoms with van der Waals surface area (Å²) in [5, 5.41) is 5.73. The Morgan fingerprint density at radius 2 is 1.71 bits per heavy atom. The lowest BCUT2D eigenvalue weighted by Crippen LogP contribution is -2.31. The van der Waals surface area contributed by atoms with Crippen molar-refractivity contribution in [2.24, 2.45) is 0 Å². The second kappa shape index (κ2) is 9.77. The molecule has 1 aromatic rings. The van der Waals surface area contributed by atoms with Gasteiger partial charge in [0.2, 0.25) is 5.91 Å². The second-order valence-corrected chi connectivity index (χ2v) is 5.46. The van der Waals surface area contributed by atoms with E-state index in [1.54, 1.807) is 7.05 Å². The van der Waals surface area contributed by atoms with Crippen molar-refractivity contribution in [2.45, 2.75) is 32.4 Å². The van der Waals surface area contributed by atoms with Crippen LogP contribution in [0, 0.1) is 0 Å². The maximum Gasteiger partial charge on any atom is 0.234 e. The van der Waals surface area contributed by atoms with E-state index in [2.05, 4.69) is 39.8 Å². The molecule has 1 aliphatic rings. The molecule has 0 radical (unpaired) electrons. The smallest absolute Gasteiger partial charge is 0.234 e. The molecule has 0 aromatic heterocycles. The fourth-order valence-electron chi connectivity index (χ4n) is 2.56. The van der Waals surface area contributed by atoms with Crippen molar-refractivity contribution in [3.8, 4) is 0 Å². The topological polar surface area (TPSA) is 44.4 Å². The second-order valence-electron chi connectivity index (χ2n) is 5.46. The molecule has 2 rings (SSSR count). The number of rotatable bonds is 6. The number of carbonyl (C=O) groups excluding carboxylic acids is 1. The number of piperidine rings is 1. The molecule has 0 bridgehead atoms. The standard InChI is InChI=1S/C16H25N3O.ClH/c1-17-12-16(20)18-11-14-5-7-15(8-6-14)13-19-9-3-2-4-10-19;/h5-8,17H,2-4,9-13H2,1H3,(H,18,20);1H. The van der Waals surface area contributed by atoms with Gasteiger partial charge in [0.25, 0.3) is 0 Å². The monoisotopic (exact) mass is 311 g/mol. The van der Waals surface area contributed by atoms with Crippen molar-refractivity contribution < 1.29 is 4.79 Å². The Morgan fingerprint density at radius 3 is 2.33 bits per heavy atom. The maximum absolute atomic E-state index is 11.4. The first-order valence-corrected chi connectivity index (χ1v) is 7.49. The van der Waals surface area contributed by atoms with E-state index in [1.807, 2.05) is 0 Å². The third-order valence-corrected chi connectivity index (χ3v) is 3.70. The Hall–Kier alpha value is -1.10. The van der Waals surface area contributed by atoms with Crippen LogP contribution in [0.15, 0.2) is 24.3 Å². The molecule has 1 aromatic carbocycles. The molecule has 5 heteroatoms. The lowest BCUT2D eigenvalue weighted by Gasteiger charge is -2.26. The molecule has 1 amide bonds. The van der Waals surface area contributed by atoms with Crippen LogP contribution in [0.1, 0.15) is 30.4 Å². The summed E-state index contributed by atoms with van der Waals surface area (Å²) in [6, 6.07) is 8.57. The molecule has 0 aliphatic carbocycles. The van der Waals surface area contributed by atoms with E-state index in [-0.39, 0.29) is 18.3 Å². The predicted molar refractivity (Wildman–Crippen MR) is 88.6 cm³/mol. The van der Waals surface area contributed by atoms with Crippen LogP contribution < -0.4 is 10.6 Å². The zero-order chi connectivity index (χ0) is 14.2. The zero-order valence-corrected chi connectivity index (χ0v) is 13.5. The van der Waals surface area contributed by atoms with E-state index in [0.717, 1.165) is 12.1 Å². The average molecular weight is 312 g/mol. The summed E-state index contributed by atoms with van der Waals surface area (Å²) in [4.78, 5) is 13.9. The molecule has 118 valence electrons. The summed E-state index contributed by atoms with van der Waals surface area (Å²) in [5.41, 5.74) is 2.51. The molecule has 1 fully saturated rings. The van der Waals surface area contributed by atoms with Gasteiger partial charge in [-0.15, -0.1) is 12.4 Å². The number of halogens is 1. The minimum Gasteiger partial charge on any atom is -0.351 e. The van der Waals surface area contributed by atoms with Gasteiger partial charge in [0.1, 0.15) is 0 Å². The number of likely N-dealkylation sites (tertiary alicyclic amines) is 1. The lowest BCUT2D eigenvalue weighted by molar-refractivity contribution is -0.120. The van der Waals surface area contributed by atoms with Crippen LogP contribution in [0.5, 0.6) is 0 Å². The molecule has 1 aliphatic heterocycles. The van der Waals surface area contributed by atoms with Gasteiger partial charge in [-0.3, -0.25) is 9.69 Å². The van der Waals surface area contributed by atoms with E-state index in [0.29, 0.717) is 13.1 Å².